The first-order valence-corrected chi connectivity index (χ1v) is 7.34. The van der Waals surface area contributed by atoms with Crippen molar-refractivity contribution in [3.63, 3.8) is 0 Å². The number of urea groups is 1. The second-order valence-electron chi connectivity index (χ2n) is 5.44. The quantitative estimate of drug-likeness (QED) is 0.682. The molecule has 0 aromatic heterocycles. The SMILES string of the molecule is CCC(CC)CNC(=O)NC1CCC(CO)CC1. The lowest BCUT2D eigenvalue weighted by molar-refractivity contribution is 0.174. The molecule has 0 spiro atoms. The standard InChI is InChI=1S/C14H28N2O2/c1-3-11(4-2)9-15-14(18)16-13-7-5-12(10-17)6-8-13/h11-13,17H,3-10H2,1-2H3,(H2,15,16,18). The third-order valence-electron chi connectivity index (χ3n) is 4.15. The molecule has 1 saturated carbocycles. The Hall–Kier alpha value is -0.770. The monoisotopic (exact) mass is 256 g/mol. The van der Waals surface area contributed by atoms with Gasteiger partial charge in [0, 0.05) is 19.2 Å². The molecule has 0 radical (unpaired) electrons. The summed E-state index contributed by atoms with van der Waals surface area (Å²) in [7, 11) is 0. The van der Waals surface area contributed by atoms with Gasteiger partial charge in [0.1, 0.15) is 0 Å². The number of carbonyl (C=O) groups excluding carboxylic acids is 1. The second-order valence-corrected chi connectivity index (χ2v) is 5.44. The number of aliphatic hydroxyl groups excluding tert-OH is 1. The van der Waals surface area contributed by atoms with Crippen molar-refractivity contribution in [2.45, 2.75) is 58.4 Å². The van der Waals surface area contributed by atoms with Gasteiger partial charge in [0.2, 0.25) is 0 Å². The molecule has 0 aromatic rings. The minimum atomic E-state index is -0.0330. The molecular formula is C14H28N2O2. The van der Waals surface area contributed by atoms with Crippen LogP contribution in [0.1, 0.15) is 52.4 Å². The predicted molar refractivity (Wildman–Crippen MR) is 73.4 cm³/mol. The molecule has 1 fully saturated rings. The molecule has 0 heterocycles. The van der Waals surface area contributed by atoms with E-state index in [1.54, 1.807) is 0 Å². The summed E-state index contributed by atoms with van der Waals surface area (Å²) in [5.74, 6) is 1.02. The second kappa shape index (κ2) is 8.35. The summed E-state index contributed by atoms with van der Waals surface area (Å²) in [6.45, 7) is 5.37. The minimum absolute atomic E-state index is 0.0330. The molecule has 4 heteroatoms. The van der Waals surface area contributed by atoms with Crippen LogP contribution in [0.3, 0.4) is 0 Å². The first kappa shape index (κ1) is 15.3. The van der Waals surface area contributed by atoms with E-state index in [0.29, 0.717) is 11.8 Å². The van der Waals surface area contributed by atoms with Crippen LogP contribution in [0.2, 0.25) is 0 Å². The molecule has 0 saturated heterocycles. The van der Waals surface area contributed by atoms with Gasteiger partial charge in [-0.25, -0.2) is 4.79 Å². The van der Waals surface area contributed by atoms with Crippen LogP contribution in [0.4, 0.5) is 4.79 Å². The highest BCUT2D eigenvalue weighted by molar-refractivity contribution is 5.74. The van der Waals surface area contributed by atoms with Gasteiger partial charge in [-0.05, 0) is 37.5 Å². The van der Waals surface area contributed by atoms with Gasteiger partial charge in [-0.1, -0.05) is 26.7 Å². The molecule has 1 rings (SSSR count). The van der Waals surface area contributed by atoms with Crippen LogP contribution >= 0.6 is 0 Å². The van der Waals surface area contributed by atoms with Gasteiger partial charge in [-0.2, -0.15) is 0 Å². The average molecular weight is 256 g/mol. The molecule has 0 aromatic carbocycles. The Bertz CT molecular complexity index is 234. The molecule has 1 aliphatic rings. The number of hydrogen-bond donors (Lipinski definition) is 3. The molecule has 0 atom stereocenters. The van der Waals surface area contributed by atoms with E-state index in [4.69, 9.17) is 5.11 Å². The van der Waals surface area contributed by atoms with E-state index in [2.05, 4.69) is 24.5 Å². The minimum Gasteiger partial charge on any atom is -0.396 e. The largest absolute Gasteiger partial charge is 0.396 e. The number of amides is 2. The lowest BCUT2D eigenvalue weighted by atomic mass is 9.87. The van der Waals surface area contributed by atoms with Gasteiger partial charge in [0.15, 0.2) is 0 Å². The third-order valence-corrected chi connectivity index (χ3v) is 4.15. The van der Waals surface area contributed by atoms with Crippen molar-refractivity contribution < 1.29 is 9.90 Å². The summed E-state index contributed by atoms with van der Waals surface area (Å²) in [6.07, 6.45) is 6.24. The maximum absolute atomic E-state index is 11.7. The number of carbonyl (C=O) groups is 1. The molecule has 0 unspecified atom stereocenters. The fourth-order valence-electron chi connectivity index (χ4n) is 2.54. The van der Waals surface area contributed by atoms with Crippen molar-refractivity contribution in [2.24, 2.45) is 11.8 Å². The molecule has 0 aliphatic heterocycles. The van der Waals surface area contributed by atoms with Crippen LogP contribution < -0.4 is 10.6 Å². The number of nitrogens with one attached hydrogen (secondary N) is 2. The summed E-state index contributed by atoms with van der Waals surface area (Å²) in [4.78, 5) is 11.7. The summed E-state index contributed by atoms with van der Waals surface area (Å²) in [6, 6.07) is 0.254. The Morgan fingerprint density at radius 3 is 2.33 bits per heavy atom. The number of hydrogen-bond acceptors (Lipinski definition) is 2. The van der Waals surface area contributed by atoms with Gasteiger partial charge in [-0.15, -0.1) is 0 Å². The highest BCUT2D eigenvalue weighted by Gasteiger charge is 2.21. The number of aliphatic hydroxyl groups is 1. The van der Waals surface area contributed by atoms with E-state index in [0.717, 1.165) is 45.1 Å². The Morgan fingerprint density at radius 1 is 1.22 bits per heavy atom. The van der Waals surface area contributed by atoms with Crippen molar-refractivity contribution in [2.75, 3.05) is 13.2 Å². The maximum Gasteiger partial charge on any atom is 0.315 e. The van der Waals surface area contributed by atoms with Gasteiger partial charge in [-0.3, -0.25) is 0 Å². The smallest absolute Gasteiger partial charge is 0.315 e. The Morgan fingerprint density at radius 2 is 1.83 bits per heavy atom. The molecule has 4 nitrogen and oxygen atoms in total. The fourth-order valence-corrected chi connectivity index (χ4v) is 2.54. The molecule has 3 N–H and O–H groups in total. The Labute approximate surface area is 111 Å². The van der Waals surface area contributed by atoms with Crippen molar-refractivity contribution in [3.8, 4) is 0 Å². The van der Waals surface area contributed by atoms with E-state index in [1.165, 1.54) is 0 Å². The van der Waals surface area contributed by atoms with Crippen LogP contribution in [-0.4, -0.2) is 30.3 Å². The lowest BCUT2D eigenvalue weighted by Gasteiger charge is -2.28. The normalized spacial score (nSPS) is 24.0. The zero-order valence-corrected chi connectivity index (χ0v) is 11.7. The zero-order valence-electron chi connectivity index (χ0n) is 11.7. The molecule has 2 amide bonds. The Kier molecular flexibility index (Phi) is 7.09. The highest BCUT2D eigenvalue weighted by Crippen LogP contribution is 2.23. The van der Waals surface area contributed by atoms with E-state index in [-0.39, 0.29) is 18.7 Å². The molecular weight excluding hydrogens is 228 g/mol. The van der Waals surface area contributed by atoms with Crippen LogP contribution in [0.25, 0.3) is 0 Å². The maximum atomic E-state index is 11.7. The van der Waals surface area contributed by atoms with Gasteiger partial charge >= 0.3 is 6.03 Å². The van der Waals surface area contributed by atoms with E-state index in [9.17, 15) is 4.79 Å². The van der Waals surface area contributed by atoms with Crippen molar-refractivity contribution >= 4 is 6.03 Å². The zero-order chi connectivity index (χ0) is 13.4. The van der Waals surface area contributed by atoms with Crippen LogP contribution in [0.15, 0.2) is 0 Å². The predicted octanol–water partition coefficient (Wildman–Crippen LogP) is 2.27. The summed E-state index contributed by atoms with van der Waals surface area (Å²) in [5, 5.41) is 15.1. The lowest BCUT2D eigenvalue weighted by Crippen LogP contribution is -2.45. The van der Waals surface area contributed by atoms with Crippen molar-refractivity contribution in [1.82, 2.24) is 10.6 Å². The topological polar surface area (TPSA) is 61.4 Å². The summed E-state index contributed by atoms with van der Waals surface area (Å²) < 4.78 is 0. The van der Waals surface area contributed by atoms with Crippen molar-refractivity contribution in [1.29, 1.82) is 0 Å². The Balaban J connectivity index is 2.17. The number of rotatable bonds is 6. The van der Waals surface area contributed by atoms with Gasteiger partial charge in [0.05, 0.1) is 0 Å². The molecule has 106 valence electrons. The van der Waals surface area contributed by atoms with Crippen LogP contribution in [0.5, 0.6) is 0 Å². The van der Waals surface area contributed by atoms with Crippen molar-refractivity contribution in [3.05, 3.63) is 0 Å². The van der Waals surface area contributed by atoms with Crippen LogP contribution in [-0.2, 0) is 0 Å². The van der Waals surface area contributed by atoms with Gasteiger partial charge in [0.25, 0.3) is 0 Å². The summed E-state index contributed by atoms with van der Waals surface area (Å²) >= 11 is 0. The third kappa shape index (κ3) is 5.25. The highest BCUT2D eigenvalue weighted by atomic mass is 16.3. The van der Waals surface area contributed by atoms with Crippen LogP contribution in [0, 0.1) is 11.8 Å². The van der Waals surface area contributed by atoms with Gasteiger partial charge < -0.3 is 15.7 Å². The molecule has 1 aliphatic carbocycles. The van der Waals surface area contributed by atoms with E-state index < -0.39 is 0 Å². The van der Waals surface area contributed by atoms with E-state index in [1.807, 2.05) is 0 Å². The fraction of sp³-hybridized carbons (Fsp3) is 0.929. The first-order valence-electron chi connectivity index (χ1n) is 7.34. The molecule has 18 heavy (non-hydrogen) atoms. The summed E-state index contributed by atoms with van der Waals surface area (Å²) in [5.41, 5.74) is 0. The van der Waals surface area contributed by atoms with E-state index >= 15 is 0 Å². The first-order chi connectivity index (χ1) is 8.69. The molecule has 0 bridgehead atoms. The average Bonchev–Trinajstić information content (AvgIpc) is 2.41.